The van der Waals surface area contributed by atoms with Gasteiger partial charge in [0.15, 0.2) is 11.4 Å². The van der Waals surface area contributed by atoms with Crippen molar-refractivity contribution in [2.24, 2.45) is 0 Å². The van der Waals surface area contributed by atoms with E-state index in [9.17, 15) is 13.0 Å². The second-order valence-corrected chi connectivity index (χ2v) is 3.81. The maximum absolute atomic E-state index is 10.2. The van der Waals surface area contributed by atoms with Crippen molar-refractivity contribution >= 4 is 10.4 Å². The number of nitrogens with zero attached hydrogens (tertiary/aromatic N) is 3. The molecule has 0 aliphatic heterocycles. The molecular formula is C7H11N3O5S. The van der Waals surface area contributed by atoms with Crippen LogP contribution in [0, 0.1) is 0 Å². The van der Waals surface area contributed by atoms with Gasteiger partial charge in [0.1, 0.15) is 11.7 Å². The Morgan fingerprint density at radius 3 is 2.81 bits per heavy atom. The largest absolute Gasteiger partial charge is 0.716 e. The predicted molar refractivity (Wildman–Crippen MR) is 48.9 cm³/mol. The summed E-state index contributed by atoms with van der Waals surface area (Å²) < 4.78 is 34.6. The number of aromatic nitrogens is 3. The van der Waals surface area contributed by atoms with Crippen molar-refractivity contribution in [1.82, 2.24) is 10.3 Å². The standard InChI is InChI=1S/C7H11N3O5S/c1-2-3-6-14-10-5-4-7(8-9-10)15-16(11,12)13/h4-5H,2-3,6H2,1H3. The average molecular weight is 249 g/mol. The normalized spacial score (nSPS) is 11.1. The van der Waals surface area contributed by atoms with Gasteiger partial charge in [-0.2, -0.15) is 0 Å². The van der Waals surface area contributed by atoms with E-state index in [1.54, 1.807) is 0 Å². The Bertz CT molecular complexity index is 418. The molecule has 0 radical (unpaired) electrons. The highest BCUT2D eigenvalue weighted by Crippen LogP contribution is 2.02. The molecule has 0 atom stereocenters. The Kier molecular flexibility index (Phi) is 4.38. The van der Waals surface area contributed by atoms with Crippen molar-refractivity contribution in [3.05, 3.63) is 12.3 Å². The van der Waals surface area contributed by atoms with Gasteiger partial charge in [-0.1, -0.05) is 13.3 Å². The van der Waals surface area contributed by atoms with Crippen LogP contribution in [-0.2, 0) is 10.4 Å². The molecule has 0 amide bonds. The van der Waals surface area contributed by atoms with Crippen molar-refractivity contribution in [2.75, 3.05) is 6.61 Å². The minimum Gasteiger partial charge on any atom is -0.716 e. The maximum Gasteiger partial charge on any atom is 0.374 e. The van der Waals surface area contributed by atoms with Crippen LogP contribution in [0.4, 0.5) is 0 Å². The lowest BCUT2D eigenvalue weighted by atomic mass is 10.4. The fourth-order valence-corrected chi connectivity index (χ4v) is 1.10. The lowest BCUT2D eigenvalue weighted by Crippen LogP contribution is -2.47. The van der Waals surface area contributed by atoms with Crippen LogP contribution in [0.5, 0.6) is 5.88 Å². The van der Waals surface area contributed by atoms with Crippen LogP contribution in [0.3, 0.4) is 0 Å². The molecule has 0 bridgehead atoms. The lowest BCUT2D eigenvalue weighted by Gasteiger charge is -2.03. The summed E-state index contributed by atoms with van der Waals surface area (Å²) in [5.74, 6) is -0.398. The molecule has 0 saturated carbocycles. The molecule has 1 heterocycles. The van der Waals surface area contributed by atoms with Crippen molar-refractivity contribution in [2.45, 2.75) is 19.8 Å². The van der Waals surface area contributed by atoms with E-state index in [1.165, 1.54) is 6.20 Å². The van der Waals surface area contributed by atoms with Crippen LogP contribution in [-0.4, -0.2) is 29.9 Å². The average Bonchev–Trinajstić information content (AvgIpc) is 2.19. The molecule has 8 nitrogen and oxygen atoms in total. The minimum absolute atomic E-state index is 0.398. The van der Waals surface area contributed by atoms with Gasteiger partial charge in [-0.3, -0.25) is 0 Å². The number of rotatable bonds is 6. The molecule has 1 rings (SSSR count). The highest BCUT2D eigenvalue weighted by molar-refractivity contribution is 7.81. The molecule has 0 unspecified atom stereocenters. The first-order valence-corrected chi connectivity index (χ1v) is 5.89. The number of unbranched alkanes of at least 4 members (excludes halogenated alkanes) is 1. The fraction of sp³-hybridized carbons (Fsp3) is 0.571. The molecule has 0 aromatic carbocycles. The van der Waals surface area contributed by atoms with E-state index < -0.39 is 16.3 Å². The van der Waals surface area contributed by atoms with E-state index in [0.717, 1.165) is 23.8 Å². The molecule has 0 spiro atoms. The Hall–Kier alpha value is -1.48. The first kappa shape index (κ1) is 12.6. The SMILES string of the molecule is CCCCO[n+]1ccc(OS(=O)(=O)[O-])nn1. The van der Waals surface area contributed by atoms with E-state index in [1.807, 2.05) is 6.92 Å². The van der Waals surface area contributed by atoms with Gasteiger partial charge < -0.3 is 13.6 Å². The maximum atomic E-state index is 10.2. The van der Waals surface area contributed by atoms with E-state index >= 15 is 0 Å². The monoisotopic (exact) mass is 249 g/mol. The van der Waals surface area contributed by atoms with Crippen molar-refractivity contribution < 1.29 is 26.8 Å². The molecular weight excluding hydrogens is 238 g/mol. The molecule has 90 valence electrons. The van der Waals surface area contributed by atoms with Crippen molar-refractivity contribution in [1.29, 1.82) is 0 Å². The summed E-state index contributed by atoms with van der Waals surface area (Å²) in [7, 11) is -4.81. The Labute approximate surface area is 92.7 Å². The van der Waals surface area contributed by atoms with Gasteiger partial charge >= 0.3 is 5.88 Å². The summed E-state index contributed by atoms with van der Waals surface area (Å²) in [5, 5.41) is 6.78. The third-order valence-corrected chi connectivity index (χ3v) is 1.86. The van der Waals surface area contributed by atoms with E-state index in [4.69, 9.17) is 4.84 Å². The van der Waals surface area contributed by atoms with Crippen molar-refractivity contribution in [3.63, 3.8) is 0 Å². The summed E-state index contributed by atoms with van der Waals surface area (Å²) in [5.41, 5.74) is 0. The molecule has 1 aromatic heterocycles. The topological polar surface area (TPSA) is 105 Å². The highest BCUT2D eigenvalue weighted by Gasteiger charge is 2.10. The molecule has 0 aliphatic carbocycles. The van der Waals surface area contributed by atoms with Gasteiger partial charge in [-0.25, -0.2) is 8.42 Å². The Morgan fingerprint density at radius 1 is 1.56 bits per heavy atom. The van der Waals surface area contributed by atoms with Crippen LogP contribution >= 0.6 is 0 Å². The van der Waals surface area contributed by atoms with E-state index in [2.05, 4.69) is 14.5 Å². The smallest absolute Gasteiger partial charge is 0.374 e. The lowest BCUT2D eigenvalue weighted by molar-refractivity contribution is -0.938. The van der Waals surface area contributed by atoms with Gasteiger partial charge in [-0.05, 0) is 6.42 Å². The molecule has 0 saturated heterocycles. The summed E-state index contributed by atoms with van der Waals surface area (Å²) in [4.78, 5) is 6.15. The van der Waals surface area contributed by atoms with Gasteiger partial charge in [0.2, 0.25) is 0 Å². The second-order valence-electron chi connectivity index (χ2n) is 2.82. The predicted octanol–water partition coefficient (Wildman–Crippen LogP) is -1.17. The van der Waals surface area contributed by atoms with Gasteiger partial charge in [0.25, 0.3) is 10.4 Å². The zero-order valence-corrected chi connectivity index (χ0v) is 9.38. The number of hydrogen-bond acceptors (Lipinski definition) is 7. The number of hydrogen-bond donors (Lipinski definition) is 0. The molecule has 0 N–H and O–H groups in total. The quantitative estimate of drug-likeness (QED) is 0.271. The third-order valence-electron chi connectivity index (χ3n) is 1.48. The van der Waals surface area contributed by atoms with Crippen molar-refractivity contribution in [3.8, 4) is 5.88 Å². The van der Waals surface area contributed by atoms with Crippen LogP contribution in [0.1, 0.15) is 19.8 Å². The summed E-state index contributed by atoms with van der Waals surface area (Å²) >= 11 is 0. The molecule has 1 aromatic rings. The Morgan fingerprint density at radius 2 is 2.31 bits per heavy atom. The zero-order chi connectivity index (χ0) is 12.0. The molecule has 0 fully saturated rings. The molecule has 16 heavy (non-hydrogen) atoms. The van der Waals surface area contributed by atoms with E-state index in [0.29, 0.717) is 6.61 Å². The van der Waals surface area contributed by atoms with Gasteiger partial charge in [0.05, 0.1) is 10.9 Å². The summed E-state index contributed by atoms with van der Waals surface area (Å²) in [6.45, 7) is 2.48. The second kappa shape index (κ2) is 5.56. The van der Waals surface area contributed by atoms with E-state index in [-0.39, 0.29) is 0 Å². The Balaban J connectivity index is 2.54. The summed E-state index contributed by atoms with van der Waals surface area (Å²) in [6.07, 6.45) is 3.13. The minimum atomic E-state index is -4.81. The molecule has 9 heteroatoms. The van der Waals surface area contributed by atoms with Gasteiger partial charge in [0, 0.05) is 0 Å². The summed E-state index contributed by atoms with van der Waals surface area (Å²) in [6, 6.07) is 1.16. The van der Waals surface area contributed by atoms with Crippen LogP contribution < -0.4 is 13.9 Å². The first-order chi connectivity index (χ1) is 7.51. The zero-order valence-electron chi connectivity index (χ0n) is 8.57. The highest BCUT2D eigenvalue weighted by atomic mass is 32.3. The van der Waals surface area contributed by atoms with Gasteiger partial charge in [-0.15, -0.1) is 0 Å². The fourth-order valence-electron chi connectivity index (χ4n) is 0.799. The third kappa shape index (κ3) is 4.84. The molecule has 0 aliphatic rings. The first-order valence-electron chi connectivity index (χ1n) is 4.55. The van der Waals surface area contributed by atoms with Crippen LogP contribution in [0.15, 0.2) is 12.3 Å². The van der Waals surface area contributed by atoms with Crippen LogP contribution in [0.2, 0.25) is 0 Å². The van der Waals surface area contributed by atoms with Crippen LogP contribution in [0.25, 0.3) is 0 Å².